The Morgan fingerprint density at radius 2 is 2.05 bits per heavy atom. The number of benzene rings is 1. The largest absolute Gasteiger partial charge is 0.389 e. The number of nitriles is 1. The van der Waals surface area contributed by atoms with Gasteiger partial charge in [0.25, 0.3) is 5.91 Å². The van der Waals surface area contributed by atoms with E-state index in [4.69, 9.17) is 5.26 Å². The van der Waals surface area contributed by atoms with Crippen molar-refractivity contribution in [2.24, 2.45) is 5.92 Å². The molecule has 0 heterocycles. The molecule has 0 bridgehead atoms. The van der Waals surface area contributed by atoms with Crippen molar-refractivity contribution in [3.8, 4) is 6.07 Å². The summed E-state index contributed by atoms with van der Waals surface area (Å²) in [6, 6.07) is 11.8. The summed E-state index contributed by atoms with van der Waals surface area (Å²) in [6.07, 6.45) is 2.24. The van der Waals surface area contributed by atoms with Crippen molar-refractivity contribution in [3.63, 3.8) is 0 Å². The van der Waals surface area contributed by atoms with Crippen LogP contribution in [0.15, 0.2) is 42.1 Å². The third-order valence-electron chi connectivity index (χ3n) is 2.68. The SMILES string of the molecule is CC(C)CN/C=C(/C#N)C(=O)NCCc1ccccc1. The molecule has 0 saturated heterocycles. The molecule has 1 rings (SSSR count). The number of hydrogen-bond acceptors (Lipinski definition) is 3. The molecule has 0 fully saturated rings. The molecule has 0 aromatic heterocycles. The fourth-order valence-electron chi connectivity index (χ4n) is 1.61. The maximum Gasteiger partial charge on any atom is 0.263 e. The summed E-state index contributed by atoms with van der Waals surface area (Å²) in [6.45, 7) is 5.38. The summed E-state index contributed by atoms with van der Waals surface area (Å²) >= 11 is 0. The van der Waals surface area contributed by atoms with Crippen LogP contribution in [0, 0.1) is 17.2 Å². The number of nitrogens with one attached hydrogen (secondary N) is 2. The van der Waals surface area contributed by atoms with E-state index in [1.54, 1.807) is 0 Å². The van der Waals surface area contributed by atoms with E-state index in [0.717, 1.165) is 18.5 Å². The smallest absolute Gasteiger partial charge is 0.263 e. The highest BCUT2D eigenvalue weighted by Gasteiger charge is 2.07. The zero-order valence-corrected chi connectivity index (χ0v) is 12.0. The topological polar surface area (TPSA) is 64.9 Å². The van der Waals surface area contributed by atoms with Crippen molar-refractivity contribution in [3.05, 3.63) is 47.7 Å². The molecule has 4 nitrogen and oxygen atoms in total. The van der Waals surface area contributed by atoms with Gasteiger partial charge in [-0.2, -0.15) is 5.26 Å². The molecule has 0 aliphatic heterocycles. The molecule has 0 atom stereocenters. The van der Waals surface area contributed by atoms with Gasteiger partial charge < -0.3 is 10.6 Å². The Hall–Kier alpha value is -2.28. The summed E-state index contributed by atoms with van der Waals surface area (Å²) in [5.74, 6) is 0.132. The number of nitrogens with zero attached hydrogens (tertiary/aromatic N) is 1. The Morgan fingerprint density at radius 1 is 1.35 bits per heavy atom. The normalized spacial score (nSPS) is 11.0. The first kappa shape index (κ1) is 15.8. The lowest BCUT2D eigenvalue weighted by Gasteiger charge is -2.06. The van der Waals surface area contributed by atoms with Crippen LogP contribution in [0.2, 0.25) is 0 Å². The van der Waals surface area contributed by atoms with Gasteiger partial charge in [0.1, 0.15) is 11.6 Å². The average molecular weight is 271 g/mol. The maximum atomic E-state index is 11.8. The highest BCUT2D eigenvalue weighted by Crippen LogP contribution is 1.99. The van der Waals surface area contributed by atoms with Crippen LogP contribution in [-0.4, -0.2) is 19.0 Å². The number of hydrogen-bond donors (Lipinski definition) is 2. The summed E-state index contributed by atoms with van der Waals surface area (Å²) in [5, 5.41) is 14.7. The van der Waals surface area contributed by atoms with Crippen molar-refractivity contribution in [2.45, 2.75) is 20.3 Å². The van der Waals surface area contributed by atoms with Gasteiger partial charge in [-0.3, -0.25) is 4.79 Å². The van der Waals surface area contributed by atoms with Gasteiger partial charge in [0, 0.05) is 19.3 Å². The Kier molecular flexibility index (Phi) is 6.91. The first-order chi connectivity index (χ1) is 9.63. The maximum absolute atomic E-state index is 11.8. The second-order valence-corrected chi connectivity index (χ2v) is 4.96. The first-order valence-corrected chi connectivity index (χ1v) is 6.79. The minimum absolute atomic E-state index is 0.110. The van der Waals surface area contributed by atoms with Crippen molar-refractivity contribution in [1.82, 2.24) is 10.6 Å². The molecule has 4 heteroatoms. The van der Waals surface area contributed by atoms with E-state index in [1.807, 2.05) is 36.4 Å². The second-order valence-electron chi connectivity index (χ2n) is 4.96. The molecule has 0 saturated carbocycles. The quantitative estimate of drug-likeness (QED) is 0.589. The molecule has 0 unspecified atom stereocenters. The van der Waals surface area contributed by atoms with Gasteiger partial charge in [-0.15, -0.1) is 0 Å². The summed E-state index contributed by atoms with van der Waals surface area (Å²) < 4.78 is 0. The number of carbonyl (C=O) groups excluding carboxylic acids is 1. The lowest BCUT2D eigenvalue weighted by atomic mass is 10.1. The van der Waals surface area contributed by atoms with Gasteiger partial charge in [0.05, 0.1) is 0 Å². The molecule has 0 radical (unpaired) electrons. The van der Waals surface area contributed by atoms with E-state index < -0.39 is 0 Å². The van der Waals surface area contributed by atoms with Gasteiger partial charge in [-0.1, -0.05) is 44.2 Å². The van der Waals surface area contributed by atoms with Crippen molar-refractivity contribution in [2.75, 3.05) is 13.1 Å². The van der Waals surface area contributed by atoms with Crippen LogP contribution in [0.25, 0.3) is 0 Å². The molecule has 1 aromatic rings. The first-order valence-electron chi connectivity index (χ1n) is 6.79. The summed E-state index contributed by atoms with van der Waals surface area (Å²) in [5.41, 5.74) is 1.27. The lowest BCUT2D eigenvalue weighted by Crippen LogP contribution is -2.28. The van der Waals surface area contributed by atoms with Crippen LogP contribution < -0.4 is 10.6 Å². The van der Waals surface area contributed by atoms with Gasteiger partial charge in [0.15, 0.2) is 0 Å². The predicted octanol–water partition coefficient (Wildman–Crippen LogP) is 2.00. The molecule has 20 heavy (non-hydrogen) atoms. The third kappa shape index (κ3) is 6.05. The Balaban J connectivity index is 2.38. The highest BCUT2D eigenvalue weighted by molar-refractivity contribution is 5.97. The molecule has 0 aliphatic rings. The fourth-order valence-corrected chi connectivity index (χ4v) is 1.61. The van der Waals surface area contributed by atoms with E-state index in [1.165, 1.54) is 6.20 Å². The van der Waals surface area contributed by atoms with E-state index in [9.17, 15) is 4.79 Å². The molecular weight excluding hydrogens is 250 g/mol. The minimum Gasteiger partial charge on any atom is -0.389 e. The molecule has 1 amide bonds. The standard InChI is InChI=1S/C16H21N3O/c1-13(2)11-18-12-15(10-17)16(20)19-9-8-14-6-4-3-5-7-14/h3-7,12-13,18H,8-9,11H2,1-2H3,(H,19,20)/b15-12-. The Bertz CT molecular complexity index is 486. The zero-order valence-electron chi connectivity index (χ0n) is 12.0. The van der Waals surface area contributed by atoms with Crippen LogP contribution in [0.1, 0.15) is 19.4 Å². The van der Waals surface area contributed by atoms with Crippen LogP contribution >= 0.6 is 0 Å². The van der Waals surface area contributed by atoms with Crippen LogP contribution in [-0.2, 0) is 11.2 Å². The number of amides is 1. The average Bonchev–Trinajstić information content (AvgIpc) is 2.44. The molecule has 0 aliphatic carbocycles. The van der Waals surface area contributed by atoms with Crippen molar-refractivity contribution < 1.29 is 4.79 Å². The minimum atomic E-state index is -0.334. The molecule has 106 valence electrons. The van der Waals surface area contributed by atoms with Crippen LogP contribution in [0.4, 0.5) is 0 Å². The van der Waals surface area contributed by atoms with E-state index in [-0.39, 0.29) is 11.5 Å². The van der Waals surface area contributed by atoms with E-state index in [2.05, 4.69) is 24.5 Å². The van der Waals surface area contributed by atoms with Gasteiger partial charge >= 0.3 is 0 Å². The monoisotopic (exact) mass is 271 g/mol. The molecule has 0 spiro atoms. The van der Waals surface area contributed by atoms with Crippen LogP contribution in [0.5, 0.6) is 0 Å². The zero-order chi connectivity index (χ0) is 14.8. The Labute approximate surface area is 120 Å². The van der Waals surface area contributed by atoms with E-state index in [0.29, 0.717) is 12.5 Å². The van der Waals surface area contributed by atoms with Crippen molar-refractivity contribution >= 4 is 5.91 Å². The van der Waals surface area contributed by atoms with E-state index >= 15 is 0 Å². The second kappa shape index (κ2) is 8.76. The predicted molar refractivity (Wildman–Crippen MR) is 79.7 cm³/mol. The molecule has 1 aromatic carbocycles. The summed E-state index contributed by atoms with van der Waals surface area (Å²) in [4.78, 5) is 11.8. The molecular formula is C16H21N3O. The number of carbonyl (C=O) groups is 1. The van der Waals surface area contributed by atoms with Gasteiger partial charge in [0.2, 0.25) is 0 Å². The number of rotatable bonds is 7. The van der Waals surface area contributed by atoms with Gasteiger partial charge in [-0.05, 0) is 17.9 Å². The van der Waals surface area contributed by atoms with Crippen molar-refractivity contribution in [1.29, 1.82) is 5.26 Å². The van der Waals surface area contributed by atoms with Crippen LogP contribution in [0.3, 0.4) is 0 Å². The molecule has 2 N–H and O–H groups in total. The van der Waals surface area contributed by atoms with Gasteiger partial charge in [-0.25, -0.2) is 0 Å². The lowest BCUT2D eigenvalue weighted by molar-refractivity contribution is -0.117. The Morgan fingerprint density at radius 3 is 2.65 bits per heavy atom. The summed E-state index contributed by atoms with van der Waals surface area (Å²) in [7, 11) is 0. The third-order valence-corrected chi connectivity index (χ3v) is 2.68. The highest BCUT2D eigenvalue weighted by atomic mass is 16.1. The fraction of sp³-hybridized carbons (Fsp3) is 0.375.